The first-order valence-electron chi connectivity index (χ1n) is 7.34. The van der Waals surface area contributed by atoms with E-state index < -0.39 is 0 Å². The molecule has 1 aromatic carbocycles. The van der Waals surface area contributed by atoms with E-state index in [4.69, 9.17) is 21.3 Å². The van der Waals surface area contributed by atoms with Crippen molar-refractivity contribution in [3.05, 3.63) is 33.9 Å². The van der Waals surface area contributed by atoms with E-state index in [-0.39, 0.29) is 16.8 Å². The van der Waals surface area contributed by atoms with E-state index in [1.165, 1.54) is 0 Å². The maximum atomic E-state index is 14.4. The van der Waals surface area contributed by atoms with Crippen molar-refractivity contribution in [1.82, 2.24) is 4.98 Å². The number of aromatic nitrogens is 1. The predicted octanol–water partition coefficient (Wildman–Crippen LogP) is 4.56. The molecule has 0 radical (unpaired) electrons. The van der Waals surface area contributed by atoms with Crippen LogP contribution in [0.3, 0.4) is 0 Å². The molecule has 0 atom stereocenters. The number of anilines is 1. The van der Waals surface area contributed by atoms with Gasteiger partial charge in [0, 0.05) is 29.6 Å². The van der Waals surface area contributed by atoms with Crippen LogP contribution < -0.4 is 4.90 Å². The van der Waals surface area contributed by atoms with Crippen molar-refractivity contribution >= 4 is 28.1 Å². The quantitative estimate of drug-likeness (QED) is 0.818. The van der Waals surface area contributed by atoms with Crippen LogP contribution in [0.5, 0.6) is 0 Å². The lowest BCUT2D eigenvalue weighted by Crippen LogP contribution is -2.36. The lowest BCUT2D eigenvalue weighted by molar-refractivity contribution is 0.122. The van der Waals surface area contributed by atoms with Gasteiger partial charge in [0.15, 0.2) is 5.13 Å². The Morgan fingerprint density at radius 3 is 2.73 bits per heavy atom. The molecular weight excluding hydrogens is 323 g/mol. The first kappa shape index (κ1) is 15.7. The van der Waals surface area contributed by atoms with Crippen molar-refractivity contribution in [3.63, 3.8) is 0 Å². The van der Waals surface area contributed by atoms with Crippen LogP contribution in [0.25, 0.3) is 11.3 Å². The molecule has 3 rings (SSSR count). The summed E-state index contributed by atoms with van der Waals surface area (Å²) < 4.78 is 19.7. The SMILES string of the molecule is CC(C)c1c(-c2csc(N3CCOCC3)n2)ccc(Cl)c1F. The number of thiazole rings is 1. The Labute approximate surface area is 138 Å². The normalized spacial score (nSPS) is 15.6. The zero-order valence-corrected chi connectivity index (χ0v) is 14.2. The molecule has 2 aromatic rings. The van der Waals surface area contributed by atoms with Crippen LogP contribution in [-0.4, -0.2) is 31.3 Å². The van der Waals surface area contributed by atoms with Crippen LogP contribution in [0.4, 0.5) is 9.52 Å². The zero-order valence-electron chi connectivity index (χ0n) is 12.6. The van der Waals surface area contributed by atoms with Crippen molar-refractivity contribution in [2.75, 3.05) is 31.2 Å². The van der Waals surface area contributed by atoms with E-state index >= 15 is 0 Å². The number of halogens is 2. The minimum absolute atomic E-state index is 0.0437. The van der Waals surface area contributed by atoms with E-state index in [1.54, 1.807) is 17.4 Å². The summed E-state index contributed by atoms with van der Waals surface area (Å²) in [5, 5.41) is 3.11. The second-order valence-corrected chi connectivity index (χ2v) is 6.84. The van der Waals surface area contributed by atoms with E-state index in [1.807, 2.05) is 25.3 Å². The molecule has 1 aliphatic rings. The molecule has 0 unspecified atom stereocenters. The van der Waals surface area contributed by atoms with Gasteiger partial charge in [-0.1, -0.05) is 31.5 Å². The molecule has 118 valence electrons. The fourth-order valence-electron chi connectivity index (χ4n) is 2.64. The van der Waals surface area contributed by atoms with Gasteiger partial charge in [-0.25, -0.2) is 9.37 Å². The molecule has 1 fully saturated rings. The van der Waals surface area contributed by atoms with Gasteiger partial charge in [-0.05, 0) is 12.0 Å². The Kier molecular flexibility index (Phi) is 4.66. The van der Waals surface area contributed by atoms with Gasteiger partial charge in [0.05, 0.1) is 23.9 Å². The third-order valence-corrected chi connectivity index (χ3v) is 4.95. The maximum Gasteiger partial charge on any atom is 0.186 e. The van der Waals surface area contributed by atoms with Crippen molar-refractivity contribution in [2.45, 2.75) is 19.8 Å². The lowest BCUT2D eigenvalue weighted by Gasteiger charge is -2.26. The molecule has 0 bridgehead atoms. The molecule has 0 aliphatic carbocycles. The first-order chi connectivity index (χ1) is 10.6. The Morgan fingerprint density at radius 1 is 1.32 bits per heavy atom. The second-order valence-electron chi connectivity index (χ2n) is 5.59. The van der Waals surface area contributed by atoms with Crippen molar-refractivity contribution in [2.24, 2.45) is 0 Å². The number of rotatable bonds is 3. The van der Waals surface area contributed by atoms with E-state index in [2.05, 4.69) is 4.90 Å². The first-order valence-corrected chi connectivity index (χ1v) is 8.60. The topological polar surface area (TPSA) is 25.4 Å². The molecule has 22 heavy (non-hydrogen) atoms. The van der Waals surface area contributed by atoms with Crippen LogP contribution in [0.1, 0.15) is 25.3 Å². The summed E-state index contributed by atoms with van der Waals surface area (Å²) in [5.74, 6) is -0.294. The van der Waals surface area contributed by atoms with Crippen LogP contribution in [0.2, 0.25) is 5.02 Å². The molecule has 2 heterocycles. The molecule has 1 aromatic heterocycles. The maximum absolute atomic E-state index is 14.4. The summed E-state index contributed by atoms with van der Waals surface area (Å²) in [4.78, 5) is 6.90. The lowest BCUT2D eigenvalue weighted by atomic mass is 9.95. The molecule has 0 spiro atoms. The number of ether oxygens (including phenoxy) is 1. The number of morpholine rings is 1. The van der Waals surface area contributed by atoms with Crippen molar-refractivity contribution in [1.29, 1.82) is 0 Å². The van der Waals surface area contributed by atoms with Gasteiger partial charge in [0.25, 0.3) is 0 Å². The molecule has 0 saturated carbocycles. The number of hydrogen-bond donors (Lipinski definition) is 0. The summed E-state index contributed by atoms with van der Waals surface area (Å²) in [6.07, 6.45) is 0. The van der Waals surface area contributed by atoms with Gasteiger partial charge in [0.2, 0.25) is 0 Å². The Hall–Kier alpha value is -1.17. The molecule has 6 heteroatoms. The highest BCUT2D eigenvalue weighted by molar-refractivity contribution is 7.14. The van der Waals surface area contributed by atoms with Crippen molar-refractivity contribution in [3.8, 4) is 11.3 Å². The summed E-state index contributed by atoms with van der Waals surface area (Å²) in [6.45, 7) is 7.07. The Morgan fingerprint density at radius 2 is 2.05 bits per heavy atom. The van der Waals surface area contributed by atoms with E-state index in [0.29, 0.717) is 5.56 Å². The third-order valence-electron chi connectivity index (χ3n) is 3.76. The van der Waals surface area contributed by atoms with E-state index in [9.17, 15) is 4.39 Å². The largest absolute Gasteiger partial charge is 0.378 e. The molecule has 0 N–H and O–H groups in total. The molecule has 0 amide bonds. The monoisotopic (exact) mass is 340 g/mol. The average molecular weight is 341 g/mol. The van der Waals surface area contributed by atoms with E-state index in [0.717, 1.165) is 42.7 Å². The fraction of sp³-hybridized carbons (Fsp3) is 0.438. The Balaban J connectivity index is 1.98. The number of benzene rings is 1. The summed E-state index contributed by atoms with van der Waals surface area (Å²) in [6, 6.07) is 3.46. The smallest absolute Gasteiger partial charge is 0.186 e. The average Bonchev–Trinajstić information content (AvgIpc) is 3.00. The molecule has 1 saturated heterocycles. The molecule has 1 aliphatic heterocycles. The highest BCUT2D eigenvalue weighted by Crippen LogP contribution is 2.36. The van der Waals surface area contributed by atoms with Gasteiger partial charge in [-0.2, -0.15) is 0 Å². The third kappa shape index (κ3) is 2.98. The number of nitrogens with zero attached hydrogens (tertiary/aromatic N) is 2. The zero-order chi connectivity index (χ0) is 15.7. The fourth-order valence-corrected chi connectivity index (χ4v) is 3.69. The van der Waals surface area contributed by atoms with Crippen LogP contribution in [0.15, 0.2) is 17.5 Å². The highest BCUT2D eigenvalue weighted by Gasteiger charge is 2.20. The molecular formula is C16H18ClFN2OS. The minimum atomic E-state index is -0.338. The molecule has 3 nitrogen and oxygen atoms in total. The number of hydrogen-bond acceptors (Lipinski definition) is 4. The second kappa shape index (κ2) is 6.52. The highest BCUT2D eigenvalue weighted by atomic mass is 35.5. The standard InChI is InChI=1S/C16H18ClFN2OS/c1-10(2)14-11(3-4-12(17)15(14)18)13-9-22-16(19-13)20-5-7-21-8-6-20/h3-4,9-10H,5-8H2,1-2H3. The van der Waals surface area contributed by atoms with Crippen molar-refractivity contribution < 1.29 is 9.13 Å². The minimum Gasteiger partial charge on any atom is -0.378 e. The Bertz CT molecular complexity index is 668. The van der Waals surface area contributed by atoms with Crippen LogP contribution in [-0.2, 0) is 4.74 Å². The van der Waals surface area contributed by atoms with Gasteiger partial charge < -0.3 is 9.64 Å². The summed E-state index contributed by atoms with van der Waals surface area (Å²) >= 11 is 7.51. The van der Waals surface area contributed by atoms with Crippen LogP contribution >= 0.6 is 22.9 Å². The predicted molar refractivity (Wildman–Crippen MR) is 89.6 cm³/mol. The van der Waals surface area contributed by atoms with Gasteiger partial charge in [0.1, 0.15) is 5.82 Å². The van der Waals surface area contributed by atoms with Gasteiger partial charge >= 0.3 is 0 Å². The summed E-state index contributed by atoms with van der Waals surface area (Å²) in [7, 11) is 0. The summed E-state index contributed by atoms with van der Waals surface area (Å²) in [5.41, 5.74) is 2.27. The van der Waals surface area contributed by atoms with Crippen LogP contribution in [0, 0.1) is 5.82 Å². The van der Waals surface area contributed by atoms with Gasteiger partial charge in [-0.3, -0.25) is 0 Å². The van der Waals surface area contributed by atoms with Gasteiger partial charge in [-0.15, -0.1) is 11.3 Å².